The summed E-state index contributed by atoms with van der Waals surface area (Å²) in [4.78, 5) is 23.3. The van der Waals surface area contributed by atoms with Crippen molar-refractivity contribution in [2.24, 2.45) is 0 Å². The van der Waals surface area contributed by atoms with Crippen molar-refractivity contribution in [3.8, 4) is 11.8 Å². The summed E-state index contributed by atoms with van der Waals surface area (Å²) in [5, 5.41) is 19.2. The second kappa shape index (κ2) is 10.6. The average Bonchev–Trinajstić information content (AvgIpc) is 3.03. The van der Waals surface area contributed by atoms with E-state index in [1.54, 1.807) is 11.0 Å². The summed E-state index contributed by atoms with van der Waals surface area (Å²) in [6, 6.07) is 2.50. The number of rotatable bonds is 9. The number of amides is 1. The molecule has 1 aromatic heterocycles. The maximum absolute atomic E-state index is 12.3. The van der Waals surface area contributed by atoms with E-state index in [1.165, 1.54) is 12.1 Å². The second-order valence-electron chi connectivity index (χ2n) is 7.11. The Balaban J connectivity index is 1.88. The maximum atomic E-state index is 12.3. The van der Waals surface area contributed by atoms with E-state index < -0.39 is 6.09 Å². The highest BCUT2D eigenvalue weighted by molar-refractivity contribution is 5.68. The van der Waals surface area contributed by atoms with Crippen molar-refractivity contribution >= 4 is 6.09 Å². The Hall–Kier alpha value is -2.87. The molecule has 160 valence electrons. The van der Waals surface area contributed by atoms with Crippen molar-refractivity contribution in [1.29, 1.82) is 0 Å². The predicted octanol–water partition coefficient (Wildman–Crippen LogP) is 2.42. The van der Waals surface area contributed by atoms with Crippen LogP contribution in [0.15, 0.2) is 48.7 Å². The lowest BCUT2D eigenvalue weighted by molar-refractivity contribution is 0.0581. The number of hydrogen-bond donors (Lipinski definition) is 2. The summed E-state index contributed by atoms with van der Waals surface area (Å²) in [6.07, 6.45) is 5.40. The molecule has 1 fully saturated rings. The molecule has 2 rings (SSSR count). The van der Waals surface area contributed by atoms with E-state index in [1.807, 2.05) is 6.08 Å². The monoisotopic (exact) mass is 404 g/mol. The van der Waals surface area contributed by atoms with Crippen LogP contribution in [-0.2, 0) is 0 Å². The van der Waals surface area contributed by atoms with E-state index >= 15 is 0 Å². The normalized spacial score (nSPS) is 15.2. The minimum absolute atomic E-state index is 0.334. The molecule has 1 aliphatic heterocycles. The molecule has 1 aliphatic rings. The van der Waals surface area contributed by atoms with Crippen LogP contribution in [0, 0.1) is 0 Å². The molecule has 0 saturated carbocycles. The highest BCUT2D eigenvalue weighted by Gasteiger charge is 2.25. The SMILES string of the molecule is C=CC=C(CN1CCN(C(=O)On2c(O)ccc2O)CC1)C(=C)N(C)CCCC. The Labute approximate surface area is 172 Å². The molecule has 0 aliphatic carbocycles. The van der Waals surface area contributed by atoms with Gasteiger partial charge >= 0.3 is 6.09 Å². The van der Waals surface area contributed by atoms with Crippen molar-refractivity contribution in [3.05, 3.63) is 48.7 Å². The maximum Gasteiger partial charge on any atom is 0.434 e. The number of aromatic hydroxyl groups is 2. The lowest BCUT2D eigenvalue weighted by Crippen LogP contribution is -2.51. The molecule has 0 aromatic carbocycles. The molecule has 2 N–H and O–H groups in total. The lowest BCUT2D eigenvalue weighted by atomic mass is 10.1. The van der Waals surface area contributed by atoms with Crippen LogP contribution in [0.3, 0.4) is 0 Å². The molecule has 1 saturated heterocycles. The van der Waals surface area contributed by atoms with E-state index in [0.717, 1.165) is 37.2 Å². The summed E-state index contributed by atoms with van der Waals surface area (Å²) in [5.74, 6) is -0.668. The number of piperazine rings is 1. The summed E-state index contributed by atoms with van der Waals surface area (Å²) < 4.78 is 0.704. The molecule has 2 heterocycles. The Bertz CT molecular complexity index is 728. The third-order valence-corrected chi connectivity index (χ3v) is 4.99. The zero-order valence-electron chi connectivity index (χ0n) is 17.4. The molecule has 1 aromatic rings. The van der Waals surface area contributed by atoms with Crippen LogP contribution in [0.1, 0.15) is 19.8 Å². The Morgan fingerprint density at radius 1 is 1.24 bits per heavy atom. The van der Waals surface area contributed by atoms with Crippen molar-refractivity contribution in [3.63, 3.8) is 0 Å². The molecule has 29 heavy (non-hydrogen) atoms. The summed E-state index contributed by atoms with van der Waals surface area (Å²) >= 11 is 0. The van der Waals surface area contributed by atoms with Crippen LogP contribution in [0.4, 0.5) is 4.79 Å². The number of allylic oxidation sites excluding steroid dienone is 2. The average molecular weight is 405 g/mol. The van der Waals surface area contributed by atoms with Gasteiger partial charge in [-0.2, -0.15) is 0 Å². The van der Waals surface area contributed by atoms with E-state index in [4.69, 9.17) is 4.84 Å². The van der Waals surface area contributed by atoms with Gasteiger partial charge in [0, 0.05) is 64.1 Å². The van der Waals surface area contributed by atoms with Gasteiger partial charge in [0.05, 0.1) is 0 Å². The standard InChI is InChI=1S/C21H32N4O4/c1-5-7-11-22(4)17(3)18(8-6-2)16-23-12-14-24(15-13-23)21(28)29-25-19(26)9-10-20(25)27/h6,8-10,26-27H,2-3,5,7,11-16H2,1,4H3. The fourth-order valence-electron chi connectivity index (χ4n) is 3.12. The molecular weight excluding hydrogens is 372 g/mol. The van der Waals surface area contributed by atoms with Gasteiger partial charge < -0.3 is 24.9 Å². The van der Waals surface area contributed by atoms with Gasteiger partial charge in [-0.15, -0.1) is 4.73 Å². The van der Waals surface area contributed by atoms with E-state index in [0.29, 0.717) is 30.9 Å². The van der Waals surface area contributed by atoms with Gasteiger partial charge in [0.2, 0.25) is 11.8 Å². The summed E-state index contributed by atoms with van der Waals surface area (Å²) in [6.45, 7) is 14.2. The van der Waals surface area contributed by atoms with Gasteiger partial charge in [0.1, 0.15) is 0 Å². The van der Waals surface area contributed by atoms with Crippen molar-refractivity contribution < 1.29 is 19.8 Å². The quantitative estimate of drug-likeness (QED) is 0.615. The van der Waals surface area contributed by atoms with Crippen molar-refractivity contribution in [2.45, 2.75) is 19.8 Å². The highest BCUT2D eigenvalue weighted by atomic mass is 16.7. The first-order valence-corrected chi connectivity index (χ1v) is 9.88. The minimum atomic E-state index is -0.614. The number of likely N-dealkylation sites (N-methyl/N-ethyl adjacent to an activating group) is 1. The number of aromatic nitrogens is 1. The Kier molecular flexibility index (Phi) is 8.21. The molecule has 0 bridgehead atoms. The molecule has 0 atom stereocenters. The van der Waals surface area contributed by atoms with Gasteiger partial charge in [0.15, 0.2) is 0 Å². The highest BCUT2D eigenvalue weighted by Crippen LogP contribution is 2.20. The van der Waals surface area contributed by atoms with Gasteiger partial charge in [0.25, 0.3) is 0 Å². The smallest absolute Gasteiger partial charge is 0.434 e. The third kappa shape index (κ3) is 6.05. The molecule has 0 spiro atoms. The molecule has 8 nitrogen and oxygen atoms in total. The zero-order chi connectivity index (χ0) is 21.4. The molecule has 0 radical (unpaired) electrons. The fourth-order valence-corrected chi connectivity index (χ4v) is 3.12. The van der Waals surface area contributed by atoms with Gasteiger partial charge in [-0.1, -0.05) is 38.7 Å². The number of nitrogens with zero attached hydrogens (tertiary/aromatic N) is 4. The lowest BCUT2D eigenvalue weighted by Gasteiger charge is -2.35. The van der Waals surface area contributed by atoms with Gasteiger partial charge in [-0.25, -0.2) is 4.79 Å². The van der Waals surface area contributed by atoms with Crippen molar-refractivity contribution in [2.75, 3.05) is 46.3 Å². The second-order valence-corrected chi connectivity index (χ2v) is 7.11. The van der Waals surface area contributed by atoms with Gasteiger partial charge in [-0.05, 0) is 12.0 Å². The minimum Gasteiger partial charge on any atom is -0.492 e. The Morgan fingerprint density at radius 2 is 1.86 bits per heavy atom. The number of hydrogen-bond acceptors (Lipinski definition) is 6. The van der Waals surface area contributed by atoms with Gasteiger partial charge in [-0.3, -0.25) is 4.90 Å². The molecule has 0 unspecified atom stereocenters. The number of carbonyl (C=O) groups is 1. The first-order chi connectivity index (χ1) is 13.9. The summed E-state index contributed by atoms with van der Waals surface area (Å²) in [7, 11) is 2.05. The number of carbonyl (C=O) groups excluding carboxylic acids is 1. The van der Waals surface area contributed by atoms with E-state index in [9.17, 15) is 15.0 Å². The van der Waals surface area contributed by atoms with Crippen LogP contribution >= 0.6 is 0 Å². The molecule has 8 heteroatoms. The van der Waals surface area contributed by atoms with Crippen molar-refractivity contribution in [1.82, 2.24) is 19.4 Å². The van der Waals surface area contributed by atoms with Crippen LogP contribution in [0.2, 0.25) is 0 Å². The fraction of sp³-hybridized carbons (Fsp3) is 0.476. The van der Waals surface area contributed by atoms with Crippen LogP contribution in [0.25, 0.3) is 0 Å². The first kappa shape index (κ1) is 22.4. The first-order valence-electron chi connectivity index (χ1n) is 9.88. The van der Waals surface area contributed by atoms with Crippen LogP contribution in [0.5, 0.6) is 11.8 Å². The van der Waals surface area contributed by atoms with Crippen LogP contribution < -0.4 is 4.84 Å². The molecule has 1 amide bonds. The Morgan fingerprint density at radius 3 is 2.41 bits per heavy atom. The van der Waals surface area contributed by atoms with Crippen LogP contribution in [-0.4, -0.2) is 82.1 Å². The largest absolute Gasteiger partial charge is 0.492 e. The van der Waals surface area contributed by atoms with E-state index in [2.05, 4.69) is 36.9 Å². The van der Waals surface area contributed by atoms with E-state index in [-0.39, 0.29) is 11.8 Å². The third-order valence-electron chi connectivity index (χ3n) is 4.99. The summed E-state index contributed by atoms with van der Waals surface area (Å²) in [5.41, 5.74) is 2.09. The predicted molar refractivity (Wildman–Crippen MR) is 113 cm³/mol. The molecular formula is C21H32N4O4. The topological polar surface area (TPSA) is 81.4 Å². The zero-order valence-corrected chi connectivity index (χ0v) is 17.4. The number of unbranched alkanes of at least 4 members (excludes halogenated alkanes) is 1.